The van der Waals surface area contributed by atoms with Gasteiger partial charge in [0.2, 0.25) is 0 Å². The molecule has 1 aromatic carbocycles. The van der Waals surface area contributed by atoms with Crippen molar-refractivity contribution in [1.82, 2.24) is 9.55 Å². The molecule has 1 fully saturated rings. The highest BCUT2D eigenvalue weighted by Gasteiger charge is 2.62. The van der Waals surface area contributed by atoms with Gasteiger partial charge in [0.15, 0.2) is 0 Å². The van der Waals surface area contributed by atoms with Crippen LogP contribution in [0.15, 0.2) is 42.9 Å². The molecule has 0 bridgehead atoms. The van der Waals surface area contributed by atoms with E-state index in [2.05, 4.69) is 11.9 Å². The number of aliphatic carboxylic acids is 1. The molecule has 0 aliphatic heterocycles. The molecule has 1 heterocycles. The van der Waals surface area contributed by atoms with Crippen molar-refractivity contribution in [2.75, 3.05) is 6.54 Å². The van der Waals surface area contributed by atoms with E-state index >= 15 is 0 Å². The zero-order valence-corrected chi connectivity index (χ0v) is 12.6. The number of carboxylic acid groups (broad SMARTS) is 1. The fourth-order valence-corrected chi connectivity index (χ4v) is 3.18. The summed E-state index contributed by atoms with van der Waals surface area (Å²) in [6.45, 7) is 2.65. The molecule has 116 valence electrons. The summed E-state index contributed by atoms with van der Waals surface area (Å²) >= 11 is 0. The van der Waals surface area contributed by atoms with Gasteiger partial charge in [0, 0.05) is 11.9 Å². The van der Waals surface area contributed by atoms with E-state index in [0.29, 0.717) is 24.6 Å². The van der Waals surface area contributed by atoms with Crippen LogP contribution in [-0.4, -0.2) is 27.2 Å². The summed E-state index contributed by atoms with van der Waals surface area (Å²) in [6, 6.07) is 9.79. The molecule has 1 aliphatic carbocycles. The van der Waals surface area contributed by atoms with Gasteiger partial charge in [0.1, 0.15) is 5.41 Å². The predicted octanol–water partition coefficient (Wildman–Crippen LogP) is 2.20. The minimum absolute atomic E-state index is 0.127. The fraction of sp³-hybridized carbons (Fsp3) is 0.412. The smallest absolute Gasteiger partial charge is 0.316 e. The lowest BCUT2D eigenvalue weighted by atomic mass is 9.94. The lowest BCUT2D eigenvalue weighted by Gasteiger charge is -2.12. The molecule has 5 heteroatoms. The first kappa shape index (κ1) is 14.8. The number of imidazole rings is 1. The maximum atomic E-state index is 11.8. The van der Waals surface area contributed by atoms with Crippen LogP contribution in [0.25, 0.3) is 5.69 Å². The highest BCUT2D eigenvalue weighted by molar-refractivity contribution is 5.85. The number of carboxylic acids is 1. The van der Waals surface area contributed by atoms with Crippen molar-refractivity contribution in [3.8, 4) is 5.69 Å². The number of aromatic nitrogens is 2. The molecular weight excluding hydrogens is 278 g/mol. The van der Waals surface area contributed by atoms with Gasteiger partial charge in [0.05, 0.1) is 12.0 Å². The van der Waals surface area contributed by atoms with Crippen molar-refractivity contribution in [3.63, 3.8) is 0 Å². The van der Waals surface area contributed by atoms with Crippen LogP contribution in [0, 0.1) is 11.8 Å². The quantitative estimate of drug-likeness (QED) is 0.857. The molecule has 0 saturated heterocycles. The zero-order chi connectivity index (χ0) is 15.7. The molecule has 22 heavy (non-hydrogen) atoms. The number of hydrogen-bond donors (Lipinski definition) is 2. The topological polar surface area (TPSA) is 81.1 Å². The van der Waals surface area contributed by atoms with Crippen molar-refractivity contribution >= 4 is 5.97 Å². The molecular formula is C17H21N3O2. The molecule has 0 radical (unpaired) electrons. The van der Waals surface area contributed by atoms with Crippen molar-refractivity contribution in [3.05, 3.63) is 48.5 Å². The van der Waals surface area contributed by atoms with Gasteiger partial charge < -0.3 is 15.4 Å². The van der Waals surface area contributed by atoms with Gasteiger partial charge in [0.25, 0.3) is 0 Å². The third kappa shape index (κ3) is 2.41. The summed E-state index contributed by atoms with van der Waals surface area (Å²) in [4.78, 5) is 16.2. The van der Waals surface area contributed by atoms with Crippen molar-refractivity contribution in [2.45, 2.75) is 25.2 Å². The molecule has 3 unspecified atom stereocenters. The SMILES string of the molecule is CC(CN)CC1CC1(C(=O)O)c1cn(-c2ccccc2)cn1. The summed E-state index contributed by atoms with van der Waals surface area (Å²) in [5, 5.41) is 9.71. The molecule has 1 saturated carbocycles. The Morgan fingerprint density at radius 2 is 2.23 bits per heavy atom. The van der Waals surface area contributed by atoms with Crippen LogP contribution < -0.4 is 5.73 Å². The van der Waals surface area contributed by atoms with Crippen LogP contribution >= 0.6 is 0 Å². The molecule has 5 nitrogen and oxygen atoms in total. The number of nitrogens with two attached hydrogens (primary N) is 1. The third-order valence-electron chi connectivity index (χ3n) is 4.67. The highest BCUT2D eigenvalue weighted by atomic mass is 16.4. The molecule has 1 aromatic heterocycles. The summed E-state index contributed by atoms with van der Waals surface area (Å²) < 4.78 is 1.88. The fourth-order valence-electron chi connectivity index (χ4n) is 3.18. The second kappa shape index (κ2) is 5.57. The van der Waals surface area contributed by atoms with Gasteiger partial charge in [-0.25, -0.2) is 4.98 Å². The Morgan fingerprint density at radius 1 is 1.50 bits per heavy atom. The van der Waals surface area contributed by atoms with Crippen molar-refractivity contribution < 1.29 is 9.90 Å². The van der Waals surface area contributed by atoms with Crippen molar-refractivity contribution in [2.24, 2.45) is 17.6 Å². The molecule has 1 aliphatic rings. The number of para-hydroxylation sites is 1. The Bertz CT molecular complexity index is 668. The maximum absolute atomic E-state index is 11.8. The van der Waals surface area contributed by atoms with Gasteiger partial charge in [-0.2, -0.15) is 0 Å². The Hall–Kier alpha value is -2.14. The average Bonchev–Trinajstić information content (AvgIpc) is 3.04. The second-order valence-electron chi connectivity index (χ2n) is 6.26. The zero-order valence-electron chi connectivity index (χ0n) is 12.6. The molecule has 0 spiro atoms. The number of nitrogens with zero attached hydrogens (tertiary/aromatic N) is 2. The number of benzene rings is 1. The summed E-state index contributed by atoms with van der Waals surface area (Å²) in [6.07, 6.45) is 5.02. The van der Waals surface area contributed by atoms with Gasteiger partial charge in [-0.1, -0.05) is 25.1 Å². The molecule has 0 amide bonds. The first-order valence-corrected chi connectivity index (χ1v) is 7.61. The summed E-state index contributed by atoms with van der Waals surface area (Å²) in [5.41, 5.74) is 6.47. The first-order chi connectivity index (χ1) is 10.6. The van der Waals surface area contributed by atoms with E-state index in [1.807, 2.05) is 41.1 Å². The minimum Gasteiger partial charge on any atom is -0.481 e. The van der Waals surface area contributed by atoms with Crippen LogP contribution in [0.1, 0.15) is 25.5 Å². The van der Waals surface area contributed by atoms with E-state index in [9.17, 15) is 9.90 Å². The highest BCUT2D eigenvalue weighted by Crippen LogP contribution is 2.56. The van der Waals surface area contributed by atoms with E-state index in [-0.39, 0.29) is 5.92 Å². The lowest BCUT2D eigenvalue weighted by molar-refractivity contribution is -0.140. The van der Waals surface area contributed by atoms with Gasteiger partial charge in [-0.3, -0.25) is 4.79 Å². The number of carbonyl (C=O) groups is 1. The molecule has 3 atom stereocenters. The Labute approximate surface area is 129 Å². The number of hydrogen-bond acceptors (Lipinski definition) is 3. The Kier molecular flexibility index (Phi) is 3.74. The lowest BCUT2D eigenvalue weighted by Crippen LogP contribution is -2.24. The van der Waals surface area contributed by atoms with E-state index in [1.54, 1.807) is 6.33 Å². The molecule has 3 N–H and O–H groups in total. The second-order valence-corrected chi connectivity index (χ2v) is 6.26. The summed E-state index contributed by atoms with van der Waals surface area (Å²) in [7, 11) is 0. The summed E-state index contributed by atoms with van der Waals surface area (Å²) in [5.74, 6) is -0.315. The average molecular weight is 299 g/mol. The van der Waals surface area contributed by atoms with E-state index < -0.39 is 11.4 Å². The largest absolute Gasteiger partial charge is 0.481 e. The van der Waals surface area contributed by atoms with Crippen LogP contribution in [0.3, 0.4) is 0 Å². The van der Waals surface area contributed by atoms with E-state index in [0.717, 1.165) is 12.1 Å². The standard InChI is InChI=1S/C17H21N3O2/c1-12(9-18)7-13-8-17(13,16(21)22)15-10-20(11-19-15)14-5-3-2-4-6-14/h2-6,10-13H,7-9,18H2,1H3,(H,21,22). The monoisotopic (exact) mass is 299 g/mol. The van der Waals surface area contributed by atoms with Gasteiger partial charge >= 0.3 is 5.97 Å². The van der Waals surface area contributed by atoms with Crippen LogP contribution in [0.2, 0.25) is 0 Å². The Morgan fingerprint density at radius 3 is 2.86 bits per heavy atom. The first-order valence-electron chi connectivity index (χ1n) is 7.61. The Balaban J connectivity index is 1.86. The van der Waals surface area contributed by atoms with Crippen molar-refractivity contribution in [1.29, 1.82) is 0 Å². The van der Waals surface area contributed by atoms with Crippen LogP contribution in [0.4, 0.5) is 0 Å². The van der Waals surface area contributed by atoms with Gasteiger partial charge in [-0.15, -0.1) is 0 Å². The molecule has 2 aromatic rings. The van der Waals surface area contributed by atoms with E-state index in [4.69, 9.17) is 5.73 Å². The maximum Gasteiger partial charge on any atom is 0.316 e. The predicted molar refractivity (Wildman–Crippen MR) is 83.8 cm³/mol. The van der Waals surface area contributed by atoms with Gasteiger partial charge in [-0.05, 0) is 43.4 Å². The van der Waals surface area contributed by atoms with E-state index in [1.165, 1.54) is 0 Å². The van der Waals surface area contributed by atoms with Crippen LogP contribution in [-0.2, 0) is 10.2 Å². The number of rotatable bonds is 6. The van der Waals surface area contributed by atoms with Crippen LogP contribution in [0.5, 0.6) is 0 Å². The third-order valence-corrected chi connectivity index (χ3v) is 4.67. The minimum atomic E-state index is -0.830. The molecule has 3 rings (SSSR count). The normalized spacial score (nSPS) is 24.9.